The Kier molecular flexibility index (Phi) is 4.57. The van der Waals surface area contributed by atoms with E-state index in [1.807, 2.05) is 13.2 Å². The highest BCUT2D eigenvalue weighted by molar-refractivity contribution is 6.17. The SMILES string of the molecule is Cn1cc(CCOc2ccc([N+](=O)[O-])cc2CCl)cn1. The third-order valence-corrected chi connectivity index (χ3v) is 3.09. The van der Waals surface area contributed by atoms with Crippen LogP contribution >= 0.6 is 11.6 Å². The maximum Gasteiger partial charge on any atom is 0.270 e. The first kappa shape index (κ1) is 14.3. The zero-order valence-corrected chi connectivity index (χ0v) is 11.7. The molecule has 106 valence electrons. The average molecular weight is 296 g/mol. The number of benzene rings is 1. The summed E-state index contributed by atoms with van der Waals surface area (Å²) in [5, 5.41) is 14.8. The van der Waals surface area contributed by atoms with Gasteiger partial charge in [0.15, 0.2) is 0 Å². The predicted molar refractivity (Wildman–Crippen MR) is 75.1 cm³/mol. The Balaban J connectivity index is 2.00. The van der Waals surface area contributed by atoms with E-state index in [0.717, 1.165) is 5.56 Å². The number of rotatable bonds is 6. The summed E-state index contributed by atoms with van der Waals surface area (Å²) in [6.45, 7) is 0.466. The van der Waals surface area contributed by atoms with Crippen molar-refractivity contribution in [1.82, 2.24) is 9.78 Å². The quantitative estimate of drug-likeness (QED) is 0.467. The molecule has 0 spiro atoms. The Morgan fingerprint density at radius 2 is 2.30 bits per heavy atom. The van der Waals surface area contributed by atoms with Crippen LogP contribution in [0.25, 0.3) is 0 Å². The van der Waals surface area contributed by atoms with Crippen LogP contribution in [0.1, 0.15) is 11.1 Å². The standard InChI is InChI=1S/C13H14ClN3O3/c1-16-9-10(8-15-16)4-5-20-13-3-2-12(17(18)19)6-11(13)7-14/h2-3,6,8-9H,4-5,7H2,1H3. The molecule has 0 N–H and O–H groups in total. The van der Waals surface area contributed by atoms with Crippen LogP contribution in [0.5, 0.6) is 5.75 Å². The Bertz CT molecular complexity index is 613. The van der Waals surface area contributed by atoms with Gasteiger partial charge in [-0.3, -0.25) is 14.8 Å². The molecule has 0 unspecified atom stereocenters. The average Bonchev–Trinajstić information content (AvgIpc) is 2.84. The van der Waals surface area contributed by atoms with E-state index in [-0.39, 0.29) is 11.6 Å². The van der Waals surface area contributed by atoms with Crippen molar-refractivity contribution in [1.29, 1.82) is 0 Å². The number of aromatic nitrogens is 2. The minimum absolute atomic E-state index is 0.0141. The van der Waals surface area contributed by atoms with Crippen molar-refractivity contribution in [2.75, 3.05) is 6.61 Å². The van der Waals surface area contributed by atoms with Crippen molar-refractivity contribution >= 4 is 17.3 Å². The predicted octanol–water partition coefficient (Wildman–Crippen LogP) is 2.69. The van der Waals surface area contributed by atoms with Crippen LogP contribution in [-0.2, 0) is 19.3 Å². The fourth-order valence-electron chi connectivity index (χ4n) is 1.80. The van der Waals surface area contributed by atoms with Crippen LogP contribution < -0.4 is 4.74 Å². The van der Waals surface area contributed by atoms with Crippen LogP contribution in [0.15, 0.2) is 30.6 Å². The molecule has 1 aromatic carbocycles. The highest BCUT2D eigenvalue weighted by Gasteiger charge is 2.11. The van der Waals surface area contributed by atoms with E-state index in [1.54, 1.807) is 16.9 Å². The Morgan fingerprint density at radius 1 is 1.50 bits per heavy atom. The molecular weight excluding hydrogens is 282 g/mol. The molecule has 1 heterocycles. The molecule has 0 aliphatic carbocycles. The van der Waals surface area contributed by atoms with Crippen LogP contribution in [0.4, 0.5) is 5.69 Å². The number of non-ortho nitro benzene ring substituents is 1. The van der Waals surface area contributed by atoms with E-state index in [1.165, 1.54) is 12.1 Å². The van der Waals surface area contributed by atoms with Crippen LogP contribution in [0.3, 0.4) is 0 Å². The third-order valence-electron chi connectivity index (χ3n) is 2.81. The Hall–Kier alpha value is -2.08. The number of hydrogen-bond acceptors (Lipinski definition) is 4. The minimum atomic E-state index is -0.449. The van der Waals surface area contributed by atoms with Gasteiger partial charge in [-0.2, -0.15) is 5.10 Å². The first-order valence-electron chi connectivity index (χ1n) is 6.03. The van der Waals surface area contributed by atoms with Gasteiger partial charge >= 0.3 is 0 Å². The summed E-state index contributed by atoms with van der Waals surface area (Å²) in [5.41, 5.74) is 1.70. The zero-order chi connectivity index (χ0) is 14.5. The van der Waals surface area contributed by atoms with Crippen molar-refractivity contribution in [3.8, 4) is 5.75 Å². The molecule has 0 saturated heterocycles. The summed E-state index contributed by atoms with van der Waals surface area (Å²) < 4.78 is 7.36. The van der Waals surface area contributed by atoms with Gasteiger partial charge in [-0.25, -0.2) is 0 Å². The second-order valence-electron chi connectivity index (χ2n) is 4.30. The highest BCUT2D eigenvalue weighted by Crippen LogP contribution is 2.25. The number of nitro groups is 1. The van der Waals surface area contributed by atoms with Crippen LogP contribution in [0, 0.1) is 10.1 Å². The third kappa shape index (κ3) is 3.48. The number of alkyl halides is 1. The molecule has 0 fully saturated rings. The molecule has 0 bridgehead atoms. The lowest BCUT2D eigenvalue weighted by molar-refractivity contribution is -0.384. The summed E-state index contributed by atoms with van der Waals surface area (Å²) in [4.78, 5) is 10.2. The maximum absolute atomic E-state index is 10.7. The summed E-state index contributed by atoms with van der Waals surface area (Å²) in [6, 6.07) is 4.43. The highest BCUT2D eigenvalue weighted by atomic mass is 35.5. The smallest absolute Gasteiger partial charge is 0.270 e. The molecule has 2 aromatic rings. The van der Waals surface area contributed by atoms with Gasteiger partial charge in [0.05, 0.1) is 23.6 Å². The van der Waals surface area contributed by atoms with Crippen molar-refractivity contribution in [3.05, 3.63) is 51.8 Å². The number of nitrogens with zero attached hydrogens (tertiary/aromatic N) is 3. The lowest BCUT2D eigenvalue weighted by Gasteiger charge is -2.09. The summed E-state index contributed by atoms with van der Waals surface area (Å²) in [6.07, 6.45) is 4.41. The number of aryl methyl sites for hydroxylation is 1. The molecule has 1 aromatic heterocycles. The fourth-order valence-corrected chi connectivity index (χ4v) is 2.01. The molecule has 0 aliphatic heterocycles. The first-order chi connectivity index (χ1) is 9.60. The van der Waals surface area contributed by atoms with Crippen molar-refractivity contribution in [3.63, 3.8) is 0 Å². The number of nitro benzene ring substituents is 1. The molecular formula is C13H14ClN3O3. The first-order valence-corrected chi connectivity index (χ1v) is 6.57. The molecule has 20 heavy (non-hydrogen) atoms. The van der Waals surface area contributed by atoms with Gasteiger partial charge in [-0.05, 0) is 11.6 Å². The number of hydrogen-bond donors (Lipinski definition) is 0. The van der Waals surface area contributed by atoms with Gasteiger partial charge in [-0.1, -0.05) is 0 Å². The minimum Gasteiger partial charge on any atom is -0.493 e. The Morgan fingerprint density at radius 3 is 2.90 bits per heavy atom. The monoisotopic (exact) mass is 295 g/mol. The summed E-state index contributed by atoms with van der Waals surface area (Å²) >= 11 is 5.79. The van der Waals surface area contributed by atoms with Crippen LogP contribution in [0.2, 0.25) is 0 Å². The fraction of sp³-hybridized carbons (Fsp3) is 0.308. The van der Waals surface area contributed by atoms with Crippen LogP contribution in [-0.4, -0.2) is 21.3 Å². The van der Waals surface area contributed by atoms with E-state index in [2.05, 4.69) is 5.10 Å². The van der Waals surface area contributed by atoms with E-state index >= 15 is 0 Å². The van der Waals surface area contributed by atoms with E-state index in [4.69, 9.17) is 16.3 Å². The lowest BCUT2D eigenvalue weighted by Crippen LogP contribution is -2.03. The normalized spacial score (nSPS) is 10.5. The largest absolute Gasteiger partial charge is 0.493 e. The van der Waals surface area contributed by atoms with Gasteiger partial charge in [-0.15, -0.1) is 11.6 Å². The van der Waals surface area contributed by atoms with E-state index in [9.17, 15) is 10.1 Å². The van der Waals surface area contributed by atoms with Crippen molar-refractivity contribution in [2.45, 2.75) is 12.3 Å². The molecule has 0 radical (unpaired) electrons. The maximum atomic E-state index is 10.7. The number of halogens is 1. The van der Waals surface area contributed by atoms with Gasteiger partial charge in [0.1, 0.15) is 5.75 Å². The number of ether oxygens (including phenoxy) is 1. The topological polar surface area (TPSA) is 70.2 Å². The van der Waals surface area contributed by atoms with Gasteiger partial charge < -0.3 is 4.74 Å². The molecule has 7 heteroatoms. The molecule has 0 saturated carbocycles. The molecule has 0 atom stereocenters. The van der Waals surface area contributed by atoms with Gasteiger partial charge in [0.2, 0.25) is 0 Å². The Labute approximate surface area is 121 Å². The van der Waals surface area contributed by atoms with Crippen molar-refractivity contribution < 1.29 is 9.66 Å². The molecule has 0 aliphatic rings. The molecule has 6 nitrogen and oxygen atoms in total. The van der Waals surface area contributed by atoms with Gasteiger partial charge in [0.25, 0.3) is 5.69 Å². The van der Waals surface area contributed by atoms with E-state index < -0.39 is 4.92 Å². The van der Waals surface area contributed by atoms with Crippen molar-refractivity contribution in [2.24, 2.45) is 7.05 Å². The molecule has 0 amide bonds. The molecule has 2 rings (SSSR count). The van der Waals surface area contributed by atoms with Gasteiger partial charge in [0, 0.05) is 37.4 Å². The second-order valence-corrected chi connectivity index (χ2v) is 4.57. The lowest BCUT2D eigenvalue weighted by atomic mass is 10.2. The second kappa shape index (κ2) is 6.38. The van der Waals surface area contributed by atoms with E-state index in [0.29, 0.717) is 24.3 Å². The zero-order valence-electron chi connectivity index (χ0n) is 11.0. The summed E-state index contributed by atoms with van der Waals surface area (Å²) in [7, 11) is 1.85. The summed E-state index contributed by atoms with van der Waals surface area (Å²) in [5.74, 6) is 0.749.